The molecule has 10 nitrogen and oxygen atoms in total. The van der Waals surface area contributed by atoms with Crippen molar-refractivity contribution in [2.24, 2.45) is 7.05 Å². The monoisotopic (exact) mass is 575 g/mol. The standard InChI is InChI=1S/C30H37N7O3S/c1-7-26-28(27-21(4)19(2)16-20(3)22(27)5)33-30(35-41(38,39)25-17-32-36(6)18-25)34-29(26)40-24-10-8-23(9-11-24)37-14-12-31-13-15-37/h8-11,16-18,31H,7,12-15H2,1-6H3,(H,33,34,35). The summed E-state index contributed by atoms with van der Waals surface area (Å²) in [7, 11) is -2.32. The van der Waals surface area contributed by atoms with E-state index in [4.69, 9.17) is 9.72 Å². The van der Waals surface area contributed by atoms with Crippen molar-refractivity contribution < 1.29 is 13.2 Å². The second-order valence-corrected chi connectivity index (χ2v) is 12.1. The Morgan fingerprint density at radius 2 is 1.66 bits per heavy atom. The van der Waals surface area contributed by atoms with Gasteiger partial charge in [0.25, 0.3) is 10.0 Å². The van der Waals surface area contributed by atoms with Crippen molar-refractivity contribution in [3.8, 4) is 22.9 Å². The van der Waals surface area contributed by atoms with E-state index in [9.17, 15) is 8.42 Å². The van der Waals surface area contributed by atoms with Crippen LogP contribution >= 0.6 is 0 Å². The molecule has 2 aromatic carbocycles. The van der Waals surface area contributed by atoms with Gasteiger partial charge < -0.3 is 15.0 Å². The summed E-state index contributed by atoms with van der Waals surface area (Å²) in [6.45, 7) is 14.1. The largest absolute Gasteiger partial charge is 0.439 e. The highest BCUT2D eigenvalue weighted by atomic mass is 32.2. The molecule has 3 heterocycles. The van der Waals surface area contributed by atoms with Gasteiger partial charge in [0, 0.05) is 56.2 Å². The topological polar surface area (TPSA) is 114 Å². The summed E-state index contributed by atoms with van der Waals surface area (Å²) in [4.78, 5) is 11.7. The molecule has 1 fully saturated rings. The van der Waals surface area contributed by atoms with E-state index in [0.717, 1.165) is 65.2 Å². The molecule has 0 radical (unpaired) electrons. The van der Waals surface area contributed by atoms with Crippen LogP contribution in [0.15, 0.2) is 47.6 Å². The third-order valence-electron chi connectivity index (χ3n) is 7.68. The number of hydrogen-bond acceptors (Lipinski definition) is 8. The van der Waals surface area contributed by atoms with Crippen LogP contribution < -0.4 is 19.7 Å². The molecule has 1 aliphatic rings. The lowest BCUT2D eigenvalue weighted by Crippen LogP contribution is -2.43. The highest BCUT2D eigenvalue weighted by Crippen LogP contribution is 2.38. The maximum Gasteiger partial charge on any atom is 0.267 e. The molecule has 1 saturated heterocycles. The van der Waals surface area contributed by atoms with Crippen LogP contribution in [0.4, 0.5) is 11.6 Å². The van der Waals surface area contributed by atoms with E-state index >= 15 is 0 Å². The summed E-state index contributed by atoms with van der Waals surface area (Å²) in [5, 5.41) is 7.37. The predicted octanol–water partition coefficient (Wildman–Crippen LogP) is 4.68. The number of sulfonamides is 1. The van der Waals surface area contributed by atoms with E-state index in [1.165, 1.54) is 17.1 Å². The first kappa shape index (κ1) is 28.6. The quantitative estimate of drug-likeness (QED) is 0.311. The van der Waals surface area contributed by atoms with E-state index in [-0.39, 0.29) is 10.8 Å². The zero-order chi connectivity index (χ0) is 29.3. The third kappa shape index (κ3) is 5.91. The number of aryl methyl sites for hydroxylation is 3. The Morgan fingerprint density at radius 3 is 2.24 bits per heavy atom. The Bertz CT molecular complexity index is 1650. The highest BCUT2D eigenvalue weighted by Gasteiger charge is 2.24. The van der Waals surface area contributed by atoms with Crippen molar-refractivity contribution in [2.75, 3.05) is 35.8 Å². The van der Waals surface area contributed by atoms with Crippen molar-refractivity contribution >= 4 is 21.7 Å². The van der Waals surface area contributed by atoms with E-state index in [0.29, 0.717) is 23.7 Å². The number of nitrogens with one attached hydrogen (secondary N) is 2. The molecule has 41 heavy (non-hydrogen) atoms. The van der Waals surface area contributed by atoms with Gasteiger partial charge in [-0.25, -0.2) is 18.1 Å². The first-order valence-corrected chi connectivity index (χ1v) is 15.3. The van der Waals surface area contributed by atoms with Crippen LogP contribution in [0.3, 0.4) is 0 Å². The number of rotatable bonds is 8. The van der Waals surface area contributed by atoms with Gasteiger partial charge in [0.05, 0.1) is 11.9 Å². The highest BCUT2D eigenvalue weighted by molar-refractivity contribution is 7.92. The number of anilines is 2. The molecule has 0 saturated carbocycles. The van der Waals surface area contributed by atoms with Gasteiger partial charge in [-0.2, -0.15) is 10.1 Å². The molecule has 0 unspecified atom stereocenters. The third-order valence-corrected chi connectivity index (χ3v) is 8.96. The van der Waals surface area contributed by atoms with Gasteiger partial charge in [-0.3, -0.25) is 4.68 Å². The molecule has 5 rings (SSSR count). The van der Waals surface area contributed by atoms with Crippen molar-refractivity contribution in [2.45, 2.75) is 45.9 Å². The molecule has 0 atom stereocenters. The maximum absolute atomic E-state index is 13.2. The zero-order valence-electron chi connectivity index (χ0n) is 24.4. The molecular formula is C30H37N7O3S. The SMILES string of the molecule is CCc1c(Oc2ccc(N3CCNCC3)cc2)nc(NS(=O)(=O)c2cnn(C)c2)nc1-c1c(C)c(C)cc(C)c1C. The van der Waals surface area contributed by atoms with Gasteiger partial charge in [-0.05, 0) is 80.6 Å². The molecule has 216 valence electrons. The Morgan fingerprint density at radius 1 is 1.00 bits per heavy atom. The summed E-state index contributed by atoms with van der Waals surface area (Å²) in [5.74, 6) is 0.860. The molecule has 0 bridgehead atoms. The number of aromatic nitrogens is 4. The number of hydrogen-bond donors (Lipinski definition) is 2. The number of ether oxygens (including phenoxy) is 1. The Hall–Kier alpha value is -3.96. The molecule has 2 aromatic heterocycles. The van der Waals surface area contributed by atoms with Crippen LogP contribution in [-0.2, 0) is 23.5 Å². The summed E-state index contributed by atoms with van der Waals surface area (Å²) in [6, 6.07) is 10.1. The fraction of sp³-hybridized carbons (Fsp3) is 0.367. The van der Waals surface area contributed by atoms with Gasteiger partial charge in [0.15, 0.2) is 0 Å². The van der Waals surface area contributed by atoms with Crippen LogP contribution in [0.25, 0.3) is 11.3 Å². The minimum Gasteiger partial charge on any atom is -0.439 e. The molecule has 11 heteroatoms. The minimum atomic E-state index is -3.98. The van der Waals surface area contributed by atoms with Crippen molar-refractivity contribution in [3.05, 3.63) is 70.5 Å². The molecule has 4 aromatic rings. The number of piperazine rings is 1. The summed E-state index contributed by atoms with van der Waals surface area (Å²) in [5.41, 5.74) is 7.96. The number of nitrogens with zero attached hydrogens (tertiary/aromatic N) is 5. The van der Waals surface area contributed by atoms with Crippen LogP contribution in [0.2, 0.25) is 0 Å². The maximum atomic E-state index is 13.2. The first-order valence-electron chi connectivity index (χ1n) is 13.8. The van der Waals surface area contributed by atoms with Crippen LogP contribution in [0.5, 0.6) is 11.6 Å². The second kappa shape index (κ2) is 11.5. The van der Waals surface area contributed by atoms with Crippen molar-refractivity contribution in [1.29, 1.82) is 0 Å². The van der Waals surface area contributed by atoms with Crippen molar-refractivity contribution in [1.82, 2.24) is 25.1 Å². The van der Waals surface area contributed by atoms with Gasteiger partial charge in [-0.1, -0.05) is 13.0 Å². The molecule has 0 aliphatic carbocycles. The second-order valence-electron chi connectivity index (χ2n) is 10.5. The first-order chi connectivity index (χ1) is 19.6. The van der Waals surface area contributed by atoms with E-state index in [1.54, 1.807) is 7.05 Å². The molecule has 0 amide bonds. The molecule has 0 spiro atoms. The Labute approximate surface area is 241 Å². The average molecular weight is 576 g/mol. The van der Waals surface area contributed by atoms with Crippen LogP contribution in [0.1, 0.15) is 34.7 Å². The lowest BCUT2D eigenvalue weighted by Gasteiger charge is -2.29. The molecule has 2 N–H and O–H groups in total. The summed E-state index contributed by atoms with van der Waals surface area (Å²) >= 11 is 0. The minimum absolute atomic E-state index is 0.0226. The Kier molecular flexibility index (Phi) is 8.01. The summed E-state index contributed by atoms with van der Waals surface area (Å²) in [6.07, 6.45) is 3.31. The molecule has 1 aliphatic heterocycles. The lowest BCUT2D eigenvalue weighted by molar-refractivity contribution is 0.456. The van der Waals surface area contributed by atoms with E-state index in [1.807, 2.05) is 31.2 Å². The Balaban J connectivity index is 1.61. The van der Waals surface area contributed by atoms with Crippen LogP contribution in [0, 0.1) is 27.7 Å². The number of benzene rings is 2. The van der Waals surface area contributed by atoms with Gasteiger partial charge >= 0.3 is 0 Å². The van der Waals surface area contributed by atoms with Gasteiger partial charge in [0.1, 0.15) is 10.6 Å². The normalized spacial score (nSPS) is 13.9. The predicted molar refractivity (Wildman–Crippen MR) is 161 cm³/mol. The molecular weight excluding hydrogens is 538 g/mol. The smallest absolute Gasteiger partial charge is 0.267 e. The van der Waals surface area contributed by atoms with Crippen LogP contribution in [-0.4, -0.2) is 54.3 Å². The zero-order valence-corrected chi connectivity index (χ0v) is 25.3. The van der Waals surface area contributed by atoms with Crippen molar-refractivity contribution in [3.63, 3.8) is 0 Å². The lowest BCUT2D eigenvalue weighted by atomic mass is 9.90. The summed E-state index contributed by atoms with van der Waals surface area (Å²) < 4.78 is 36.8. The van der Waals surface area contributed by atoms with Gasteiger partial charge in [0.2, 0.25) is 11.8 Å². The van der Waals surface area contributed by atoms with Gasteiger partial charge in [-0.15, -0.1) is 0 Å². The fourth-order valence-electron chi connectivity index (χ4n) is 5.17. The van der Waals surface area contributed by atoms with E-state index in [2.05, 4.69) is 58.8 Å². The van der Waals surface area contributed by atoms with E-state index < -0.39 is 10.0 Å². The average Bonchev–Trinajstić information content (AvgIpc) is 3.40. The fourth-order valence-corrected chi connectivity index (χ4v) is 6.09.